The Bertz CT molecular complexity index is 671. The minimum Gasteiger partial charge on any atom is -0.497 e. The Morgan fingerprint density at radius 1 is 1.33 bits per heavy atom. The highest BCUT2D eigenvalue weighted by molar-refractivity contribution is 5.83. The number of aryl methyl sites for hydroxylation is 1. The predicted molar refractivity (Wildman–Crippen MR) is 70.1 cm³/mol. The molecule has 0 bridgehead atoms. The Morgan fingerprint density at radius 3 is 2.67 bits per heavy atom. The summed E-state index contributed by atoms with van der Waals surface area (Å²) in [6.07, 6.45) is 0.166. The van der Waals surface area contributed by atoms with Gasteiger partial charge in [0.1, 0.15) is 11.5 Å². The summed E-state index contributed by atoms with van der Waals surface area (Å²) in [5.74, 6) is 0.712. The number of carbonyl (C=O) groups excluding carboxylic acids is 1. The van der Waals surface area contributed by atoms with Crippen molar-refractivity contribution in [1.82, 2.24) is 4.57 Å². The Kier molecular flexibility index (Phi) is 3.19. The van der Waals surface area contributed by atoms with Crippen LogP contribution in [0.4, 0.5) is 0 Å². The van der Waals surface area contributed by atoms with Crippen molar-refractivity contribution in [3.8, 4) is 5.75 Å². The van der Waals surface area contributed by atoms with Gasteiger partial charge in [0.2, 0.25) is 0 Å². The SMILES string of the molecule is COc1ccc2c(c1)cc(CC(C)=O)c(=O)n2C. The third-order valence-electron chi connectivity index (χ3n) is 2.94. The molecule has 4 nitrogen and oxygen atoms in total. The first-order chi connectivity index (χ1) is 8.52. The highest BCUT2D eigenvalue weighted by Crippen LogP contribution is 2.20. The van der Waals surface area contributed by atoms with Crippen molar-refractivity contribution in [1.29, 1.82) is 0 Å². The van der Waals surface area contributed by atoms with Gasteiger partial charge < -0.3 is 9.30 Å². The lowest BCUT2D eigenvalue weighted by Crippen LogP contribution is -2.22. The van der Waals surface area contributed by atoms with E-state index >= 15 is 0 Å². The molecular weight excluding hydrogens is 230 g/mol. The van der Waals surface area contributed by atoms with Gasteiger partial charge in [-0.15, -0.1) is 0 Å². The van der Waals surface area contributed by atoms with E-state index in [0.29, 0.717) is 5.56 Å². The Morgan fingerprint density at radius 2 is 2.06 bits per heavy atom. The number of aromatic nitrogens is 1. The average Bonchev–Trinajstić information content (AvgIpc) is 2.34. The molecule has 0 amide bonds. The van der Waals surface area contributed by atoms with Crippen LogP contribution in [0.2, 0.25) is 0 Å². The molecule has 2 aromatic rings. The first-order valence-corrected chi connectivity index (χ1v) is 5.69. The summed E-state index contributed by atoms with van der Waals surface area (Å²) in [5, 5.41) is 0.896. The molecule has 1 aromatic carbocycles. The Labute approximate surface area is 105 Å². The number of fused-ring (bicyclic) bond motifs is 1. The number of ether oxygens (including phenoxy) is 1. The first kappa shape index (κ1) is 12.4. The maximum absolute atomic E-state index is 12.1. The number of benzene rings is 1. The van der Waals surface area contributed by atoms with Crippen molar-refractivity contribution in [2.45, 2.75) is 13.3 Å². The van der Waals surface area contributed by atoms with E-state index < -0.39 is 0 Å². The summed E-state index contributed by atoms with van der Waals surface area (Å²) in [6.45, 7) is 1.48. The molecule has 4 heteroatoms. The van der Waals surface area contributed by atoms with E-state index in [1.165, 1.54) is 6.92 Å². The number of Topliss-reactive ketones (excluding diaryl/α,β-unsaturated/α-hetero) is 1. The summed E-state index contributed by atoms with van der Waals surface area (Å²) >= 11 is 0. The number of ketones is 1. The second-order valence-corrected chi connectivity index (χ2v) is 4.34. The number of nitrogens with zero attached hydrogens (tertiary/aromatic N) is 1. The van der Waals surface area contributed by atoms with E-state index in [4.69, 9.17) is 4.74 Å². The quantitative estimate of drug-likeness (QED) is 0.826. The molecule has 0 N–H and O–H groups in total. The molecule has 0 saturated heterocycles. The normalized spacial score (nSPS) is 10.6. The summed E-state index contributed by atoms with van der Waals surface area (Å²) in [4.78, 5) is 23.2. The van der Waals surface area contributed by atoms with E-state index in [0.717, 1.165) is 16.7 Å². The summed E-state index contributed by atoms with van der Waals surface area (Å²) in [6, 6.07) is 7.28. The fraction of sp³-hybridized carbons (Fsp3) is 0.286. The van der Waals surface area contributed by atoms with Gasteiger partial charge in [-0.2, -0.15) is 0 Å². The predicted octanol–water partition coefficient (Wildman–Crippen LogP) is 1.68. The molecule has 0 spiro atoms. The second-order valence-electron chi connectivity index (χ2n) is 4.34. The molecule has 0 radical (unpaired) electrons. The van der Waals surface area contributed by atoms with Gasteiger partial charge in [-0.3, -0.25) is 9.59 Å². The van der Waals surface area contributed by atoms with Gasteiger partial charge in [0.15, 0.2) is 0 Å². The highest BCUT2D eigenvalue weighted by atomic mass is 16.5. The zero-order chi connectivity index (χ0) is 13.3. The zero-order valence-corrected chi connectivity index (χ0v) is 10.7. The molecular formula is C14H15NO3. The number of rotatable bonds is 3. The van der Waals surface area contributed by atoms with Gasteiger partial charge in [0, 0.05) is 24.4 Å². The minimum atomic E-state index is -0.122. The number of pyridine rings is 1. The zero-order valence-electron chi connectivity index (χ0n) is 10.7. The Hall–Kier alpha value is -2.10. The lowest BCUT2D eigenvalue weighted by molar-refractivity contribution is -0.116. The molecule has 2 rings (SSSR count). The number of hydrogen-bond acceptors (Lipinski definition) is 3. The smallest absolute Gasteiger partial charge is 0.254 e. The molecule has 18 heavy (non-hydrogen) atoms. The van der Waals surface area contributed by atoms with Gasteiger partial charge in [0.05, 0.1) is 12.6 Å². The van der Waals surface area contributed by atoms with Crippen molar-refractivity contribution in [2.24, 2.45) is 7.05 Å². The van der Waals surface area contributed by atoms with Crippen LogP contribution < -0.4 is 10.3 Å². The average molecular weight is 245 g/mol. The summed E-state index contributed by atoms with van der Waals surface area (Å²) in [5.41, 5.74) is 1.22. The molecule has 0 unspecified atom stereocenters. The van der Waals surface area contributed by atoms with Crippen LogP contribution in [0.1, 0.15) is 12.5 Å². The Balaban J connectivity index is 2.71. The van der Waals surface area contributed by atoms with Crippen LogP contribution in [-0.4, -0.2) is 17.5 Å². The van der Waals surface area contributed by atoms with Gasteiger partial charge in [-0.05, 0) is 31.2 Å². The fourth-order valence-corrected chi connectivity index (χ4v) is 2.05. The molecule has 0 aliphatic rings. The van der Waals surface area contributed by atoms with Crippen molar-refractivity contribution in [2.75, 3.05) is 7.11 Å². The fourth-order valence-electron chi connectivity index (χ4n) is 2.05. The second kappa shape index (κ2) is 4.64. The van der Waals surface area contributed by atoms with E-state index in [9.17, 15) is 9.59 Å². The first-order valence-electron chi connectivity index (χ1n) is 5.69. The van der Waals surface area contributed by atoms with Gasteiger partial charge in [-0.25, -0.2) is 0 Å². The molecule has 0 atom stereocenters. The molecule has 1 heterocycles. The number of carbonyl (C=O) groups is 1. The van der Waals surface area contributed by atoms with Gasteiger partial charge >= 0.3 is 0 Å². The van der Waals surface area contributed by atoms with Crippen molar-refractivity contribution in [3.05, 3.63) is 40.2 Å². The van der Waals surface area contributed by atoms with Crippen molar-refractivity contribution in [3.63, 3.8) is 0 Å². The molecule has 94 valence electrons. The molecule has 0 fully saturated rings. The molecule has 0 aliphatic carbocycles. The van der Waals surface area contributed by atoms with E-state index in [2.05, 4.69) is 0 Å². The van der Waals surface area contributed by atoms with Crippen LogP contribution in [0.3, 0.4) is 0 Å². The van der Waals surface area contributed by atoms with Crippen LogP contribution in [0, 0.1) is 0 Å². The number of methoxy groups -OCH3 is 1. The lowest BCUT2D eigenvalue weighted by atomic mass is 10.1. The molecule has 1 aromatic heterocycles. The maximum atomic E-state index is 12.1. The van der Waals surface area contributed by atoms with Crippen molar-refractivity contribution < 1.29 is 9.53 Å². The maximum Gasteiger partial charge on any atom is 0.254 e. The van der Waals surface area contributed by atoms with Crippen molar-refractivity contribution >= 4 is 16.7 Å². The largest absolute Gasteiger partial charge is 0.497 e. The lowest BCUT2D eigenvalue weighted by Gasteiger charge is -2.09. The van der Waals surface area contributed by atoms with E-state index in [1.807, 2.05) is 18.2 Å². The topological polar surface area (TPSA) is 48.3 Å². The molecule has 0 saturated carbocycles. The van der Waals surface area contributed by atoms with Gasteiger partial charge in [0.25, 0.3) is 5.56 Å². The number of hydrogen-bond donors (Lipinski definition) is 0. The standard InChI is InChI=1S/C14H15NO3/c1-9(16)6-11-7-10-8-12(18-3)4-5-13(10)15(2)14(11)17/h4-5,7-8H,6H2,1-3H3. The van der Waals surface area contributed by atoms with Crippen LogP contribution >= 0.6 is 0 Å². The van der Waals surface area contributed by atoms with Crippen LogP contribution in [-0.2, 0) is 18.3 Å². The van der Waals surface area contributed by atoms with Crippen LogP contribution in [0.25, 0.3) is 10.9 Å². The molecule has 0 aliphatic heterocycles. The summed E-state index contributed by atoms with van der Waals surface area (Å²) < 4.78 is 6.72. The monoisotopic (exact) mass is 245 g/mol. The highest BCUT2D eigenvalue weighted by Gasteiger charge is 2.09. The van der Waals surface area contributed by atoms with Crippen LogP contribution in [0.5, 0.6) is 5.75 Å². The van der Waals surface area contributed by atoms with Gasteiger partial charge in [-0.1, -0.05) is 0 Å². The van der Waals surface area contributed by atoms with Crippen LogP contribution in [0.15, 0.2) is 29.1 Å². The minimum absolute atomic E-state index is 0.0191. The third kappa shape index (κ3) is 2.14. The van der Waals surface area contributed by atoms with E-state index in [1.54, 1.807) is 24.8 Å². The van der Waals surface area contributed by atoms with E-state index in [-0.39, 0.29) is 17.8 Å². The third-order valence-corrected chi connectivity index (χ3v) is 2.94. The summed E-state index contributed by atoms with van der Waals surface area (Å²) in [7, 11) is 3.31.